The summed E-state index contributed by atoms with van der Waals surface area (Å²) in [6.07, 6.45) is 0.128. The Morgan fingerprint density at radius 3 is 2.47 bits per heavy atom. The summed E-state index contributed by atoms with van der Waals surface area (Å²) in [6, 6.07) is 5.01. The number of carbonyl (C=O) groups excluding carboxylic acids is 2. The lowest BCUT2D eigenvalue weighted by Crippen LogP contribution is -2.23. The number of carbonyl (C=O) groups is 2. The molecule has 1 aromatic carbocycles. The van der Waals surface area contributed by atoms with E-state index in [9.17, 15) is 18.0 Å². The molecule has 6 nitrogen and oxygen atoms in total. The largest absolute Gasteiger partial charge is 0.295 e. The fraction of sp³-hybridized carbons (Fsp3) is 0. The van der Waals surface area contributed by atoms with Gasteiger partial charge in [0.25, 0.3) is 16.0 Å². The van der Waals surface area contributed by atoms with Gasteiger partial charge in [-0.15, -0.1) is 0 Å². The monoisotopic (exact) mass is 229 g/mol. The Morgan fingerprint density at radius 2 is 1.93 bits per heavy atom. The van der Waals surface area contributed by atoms with Gasteiger partial charge in [-0.2, -0.15) is 8.42 Å². The number of benzene rings is 1. The Balaban J connectivity index is 3.30. The van der Waals surface area contributed by atoms with Crippen LogP contribution in [0.3, 0.4) is 0 Å². The zero-order valence-corrected chi connectivity index (χ0v) is 8.19. The van der Waals surface area contributed by atoms with Crippen molar-refractivity contribution < 1.29 is 22.6 Å². The van der Waals surface area contributed by atoms with E-state index in [-0.39, 0.29) is 12.0 Å². The predicted molar refractivity (Wildman–Crippen MR) is 49.8 cm³/mol. The van der Waals surface area contributed by atoms with Gasteiger partial charge < -0.3 is 0 Å². The second-order valence-electron chi connectivity index (χ2n) is 2.56. The van der Waals surface area contributed by atoms with Gasteiger partial charge in [0, 0.05) is 0 Å². The summed E-state index contributed by atoms with van der Waals surface area (Å²) in [4.78, 5) is 20.7. The molecule has 0 fully saturated rings. The van der Waals surface area contributed by atoms with Gasteiger partial charge in [-0.1, -0.05) is 12.1 Å². The minimum Gasteiger partial charge on any atom is -0.295 e. The molecule has 15 heavy (non-hydrogen) atoms. The van der Waals surface area contributed by atoms with Crippen molar-refractivity contribution >= 4 is 22.4 Å². The van der Waals surface area contributed by atoms with Crippen molar-refractivity contribution in [1.82, 2.24) is 5.32 Å². The Hall–Kier alpha value is -1.73. The quantitative estimate of drug-likeness (QED) is 0.553. The third kappa shape index (κ3) is 2.61. The zero-order valence-electron chi connectivity index (χ0n) is 7.38. The number of hydrogen-bond donors (Lipinski definition) is 2. The van der Waals surface area contributed by atoms with Crippen LogP contribution >= 0.6 is 0 Å². The first-order valence-electron chi connectivity index (χ1n) is 3.78. The zero-order chi connectivity index (χ0) is 11.5. The van der Waals surface area contributed by atoms with Crippen LogP contribution in [0.1, 0.15) is 10.4 Å². The summed E-state index contributed by atoms with van der Waals surface area (Å²) in [7, 11) is -4.47. The SMILES string of the molecule is O=CNC(=O)c1ccccc1S(=O)(=O)O. The van der Waals surface area contributed by atoms with E-state index >= 15 is 0 Å². The summed E-state index contributed by atoms with van der Waals surface area (Å²) >= 11 is 0. The molecule has 0 spiro atoms. The molecular weight excluding hydrogens is 222 g/mol. The van der Waals surface area contributed by atoms with Gasteiger partial charge >= 0.3 is 0 Å². The highest BCUT2D eigenvalue weighted by atomic mass is 32.2. The van der Waals surface area contributed by atoms with E-state index in [0.29, 0.717) is 0 Å². The van der Waals surface area contributed by atoms with Gasteiger partial charge in [0.1, 0.15) is 4.90 Å². The van der Waals surface area contributed by atoms with Gasteiger partial charge in [-0.25, -0.2) is 0 Å². The molecule has 0 bridgehead atoms. The molecule has 0 saturated heterocycles. The third-order valence-electron chi connectivity index (χ3n) is 1.60. The van der Waals surface area contributed by atoms with Crippen molar-refractivity contribution in [3.63, 3.8) is 0 Å². The van der Waals surface area contributed by atoms with Gasteiger partial charge in [0.2, 0.25) is 6.41 Å². The molecule has 2 N–H and O–H groups in total. The van der Waals surface area contributed by atoms with Crippen molar-refractivity contribution in [3.8, 4) is 0 Å². The molecule has 0 aromatic heterocycles. The number of imide groups is 1. The van der Waals surface area contributed by atoms with E-state index in [1.54, 1.807) is 5.32 Å². The summed E-state index contributed by atoms with van der Waals surface area (Å²) in [6.45, 7) is 0. The highest BCUT2D eigenvalue weighted by Gasteiger charge is 2.19. The van der Waals surface area contributed by atoms with Crippen molar-refractivity contribution in [2.24, 2.45) is 0 Å². The van der Waals surface area contributed by atoms with E-state index in [4.69, 9.17) is 4.55 Å². The molecule has 0 heterocycles. The lowest BCUT2D eigenvalue weighted by atomic mass is 10.2. The molecule has 1 aromatic rings. The lowest BCUT2D eigenvalue weighted by molar-refractivity contribution is -0.108. The van der Waals surface area contributed by atoms with E-state index in [1.165, 1.54) is 18.2 Å². The summed E-state index contributed by atoms with van der Waals surface area (Å²) < 4.78 is 30.5. The van der Waals surface area contributed by atoms with Crippen molar-refractivity contribution in [1.29, 1.82) is 0 Å². The highest BCUT2D eigenvalue weighted by Crippen LogP contribution is 2.14. The van der Waals surface area contributed by atoms with E-state index in [0.717, 1.165) is 6.07 Å². The third-order valence-corrected chi connectivity index (χ3v) is 2.51. The highest BCUT2D eigenvalue weighted by molar-refractivity contribution is 7.86. The molecule has 80 valence electrons. The number of rotatable bonds is 3. The second kappa shape index (κ2) is 4.20. The molecule has 0 aliphatic carbocycles. The molecule has 0 unspecified atom stereocenters. The van der Waals surface area contributed by atoms with Crippen LogP contribution in [-0.4, -0.2) is 25.3 Å². The number of nitrogens with one attached hydrogen (secondary N) is 1. The normalized spacial score (nSPS) is 10.7. The lowest BCUT2D eigenvalue weighted by Gasteiger charge is -2.03. The minimum atomic E-state index is -4.47. The van der Waals surface area contributed by atoms with E-state index in [1.807, 2.05) is 0 Å². The summed E-state index contributed by atoms with van der Waals surface area (Å²) in [5.41, 5.74) is -0.285. The van der Waals surface area contributed by atoms with Crippen LogP contribution in [0, 0.1) is 0 Å². The maximum atomic E-state index is 11.2. The van der Waals surface area contributed by atoms with Gasteiger partial charge in [-0.05, 0) is 12.1 Å². The Kier molecular flexibility index (Phi) is 3.17. The van der Waals surface area contributed by atoms with Crippen molar-refractivity contribution in [2.75, 3.05) is 0 Å². The van der Waals surface area contributed by atoms with Crippen LogP contribution in [0.4, 0.5) is 0 Å². The molecule has 2 amide bonds. The first-order chi connectivity index (χ1) is 6.96. The van der Waals surface area contributed by atoms with Crippen LogP contribution < -0.4 is 5.32 Å². The van der Waals surface area contributed by atoms with Crippen LogP contribution in [0.2, 0.25) is 0 Å². The fourth-order valence-corrected chi connectivity index (χ4v) is 1.70. The van der Waals surface area contributed by atoms with Crippen LogP contribution in [0.25, 0.3) is 0 Å². The first-order valence-corrected chi connectivity index (χ1v) is 5.22. The van der Waals surface area contributed by atoms with E-state index in [2.05, 4.69) is 0 Å². The second-order valence-corrected chi connectivity index (χ2v) is 3.95. The fourth-order valence-electron chi connectivity index (χ4n) is 1.01. The van der Waals surface area contributed by atoms with Crippen molar-refractivity contribution in [2.45, 2.75) is 4.90 Å². The van der Waals surface area contributed by atoms with Crippen LogP contribution in [0.5, 0.6) is 0 Å². The van der Waals surface area contributed by atoms with Gasteiger partial charge in [0.05, 0.1) is 5.56 Å². The molecule has 0 atom stereocenters. The average molecular weight is 229 g/mol. The van der Waals surface area contributed by atoms with Gasteiger partial charge in [-0.3, -0.25) is 19.5 Å². The minimum absolute atomic E-state index is 0.128. The molecule has 0 radical (unpaired) electrons. The Bertz CT molecular complexity index is 494. The van der Waals surface area contributed by atoms with Crippen molar-refractivity contribution in [3.05, 3.63) is 29.8 Å². The molecule has 0 aliphatic rings. The molecule has 7 heteroatoms. The number of hydrogen-bond acceptors (Lipinski definition) is 4. The molecule has 0 saturated carbocycles. The molecule has 0 aliphatic heterocycles. The van der Waals surface area contributed by atoms with Crippen LogP contribution in [0.15, 0.2) is 29.2 Å². The average Bonchev–Trinajstić information content (AvgIpc) is 2.17. The summed E-state index contributed by atoms with van der Waals surface area (Å²) in [5, 5.41) is 1.78. The maximum Gasteiger partial charge on any atom is 0.295 e. The van der Waals surface area contributed by atoms with Crippen LogP contribution in [-0.2, 0) is 14.9 Å². The predicted octanol–water partition coefficient (Wildman–Crippen LogP) is -0.181. The first kappa shape index (κ1) is 11.3. The smallest absolute Gasteiger partial charge is 0.295 e. The summed E-state index contributed by atoms with van der Waals surface area (Å²) in [5.74, 6) is -0.891. The maximum absolute atomic E-state index is 11.2. The molecular formula is C8H7NO5S. The topological polar surface area (TPSA) is 101 Å². The van der Waals surface area contributed by atoms with Gasteiger partial charge in [0.15, 0.2) is 0 Å². The standard InChI is InChI=1S/C8H7NO5S/c10-5-9-8(11)6-3-1-2-4-7(6)15(12,13)14/h1-5H,(H,9,10,11)(H,12,13,14). The Morgan fingerprint density at radius 1 is 1.33 bits per heavy atom. The number of amides is 2. The Labute approximate surface area is 85.7 Å². The molecule has 1 rings (SSSR count). The van der Waals surface area contributed by atoms with E-state index < -0.39 is 20.9 Å².